The number of carbonyl (C=O) groups is 1. The van der Waals surface area contributed by atoms with Crippen LogP contribution in [-0.2, 0) is 13.0 Å². The van der Waals surface area contributed by atoms with Crippen molar-refractivity contribution in [3.05, 3.63) is 33.5 Å². The lowest BCUT2D eigenvalue weighted by atomic mass is 10.3. The molecule has 6 nitrogen and oxygen atoms in total. The van der Waals surface area contributed by atoms with Crippen LogP contribution in [0.1, 0.15) is 33.3 Å². The highest BCUT2D eigenvalue weighted by molar-refractivity contribution is 7.09. The molecule has 0 spiro atoms. The molecule has 0 aliphatic rings. The zero-order valence-corrected chi connectivity index (χ0v) is 13.2. The number of aromatic nitrogens is 3. The molecular formula is C14H21N5OS. The molecule has 2 heterocycles. The minimum Gasteiger partial charge on any atom is -0.351 e. The standard InChI is InChI=1S/C14H21N5OS/c1-10-8-11(2)19(18-10)7-3-6-16-14(20)12-9-21-13(17-12)4-5-15/h8-9H,3-7,15H2,1-2H3,(H,16,20). The number of hydrogen-bond acceptors (Lipinski definition) is 5. The van der Waals surface area contributed by atoms with E-state index in [1.165, 1.54) is 11.3 Å². The van der Waals surface area contributed by atoms with Gasteiger partial charge in [-0.25, -0.2) is 4.98 Å². The van der Waals surface area contributed by atoms with Crippen molar-refractivity contribution in [2.24, 2.45) is 5.73 Å². The normalized spacial score (nSPS) is 10.8. The third kappa shape index (κ3) is 4.37. The molecule has 7 heteroatoms. The molecule has 0 aliphatic carbocycles. The molecule has 2 aromatic heterocycles. The Labute approximate surface area is 128 Å². The molecule has 2 rings (SSSR count). The summed E-state index contributed by atoms with van der Waals surface area (Å²) >= 11 is 1.48. The van der Waals surface area contributed by atoms with Gasteiger partial charge in [-0.2, -0.15) is 5.10 Å². The number of rotatable bonds is 7. The second-order valence-electron chi connectivity index (χ2n) is 4.92. The fourth-order valence-electron chi connectivity index (χ4n) is 2.08. The van der Waals surface area contributed by atoms with E-state index >= 15 is 0 Å². The van der Waals surface area contributed by atoms with Crippen molar-refractivity contribution >= 4 is 17.2 Å². The summed E-state index contributed by atoms with van der Waals surface area (Å²) < 4.78 is 1.96. The van der Waals surface area contributed by atoms with Crippen LogP contribution in [0, 0.1) is 13.8 Å². The van der Waals surface area contributed by atoms with Gasteiger partial charge in [-0.1, -0.05) is 0 Å². The van der Waals surface area contributed by atoms with Crippen LogP contribution in [0.3, 0.4) is 0 Å². The van der Waals surface area contributed by atoms with Crippen molar-refractivity contribution in [2.75, 3.05) is 13.1 Å². The van der Waals surface area contributed by atoms with E-state index in [1.807, 2.05) is 24.6 Å². The Morgan fingerprint density at radius 3 is 2.95 bits per heavy atom. The Hall–Kier alpha value is -1.73. The lowest BCUT2D eigenvalue weighted by molar-refractivity contribution is 0.0948. The summed E-state index contributed by atoms with van der Waals surface area (Å²) in [5.74, 6) is -0.122. The van der Waals surface area contributed by atoms with Crippen molar-refractivity contribution < 1.29 is 4.79 Å². The molecule has 2 aromatic rings. The van der Waals surface area contributed by atoms with Crippen LogP contribution in [0.25, 0.3) is 0 Å². The average molecular weight is 307 g/mol. The zero-order chi connectivity index (χ0) is 15.2. The van der Waals surface area contributed by atoms with Crippen molar-refractivity contribution in [1.29, 1.82) is 0 Å². The Balaban J connectivity index is 1.75. The van der Waals surface area contributed by atoms with E-state index in [1.54, 1.807) is 5.38 Å². The van der Waals surface area contributed by atoms with Gasteiger partial charge in [0.05, 0.1) is 10.7 Å². The maximum atomic E-state index is 11.9. The molecule has 0 atom stereocenters. The first-order chi connectivity index (χ1) is 10.1. The summed E-state index contributed by atoms with van der Waals surface area (Å²) in [7, 11) is 0. The van der Waals surface area contributed by atoms with Crippen LogP contribution in [-0.4, -0.2) is 33.8 Å². The van der Waals surface area contributed by atoms with Gasteiger partial charge in [-0.05, 0) is 32.9 Å². The van der Waals surface area contributed by atoms with E-state index in [2.05, 4.69) is 15.4 Å². The molecule has 114 valence electrons. The summed E-state index contributed by atoms with van der Waals surface area (Å²) in [6.07, 6.45) is 1.56. The number of nitrogens with two attached hydrogens (primary N) is 1. The SMILES string of the molecule is Cc1cc(C)n(CCCNC(=O)c2csc(CCN)n2)n1. The van der Waals surface area contributed by atoms with Gasteiger partial charge in [0.2, 0.25) is 0 Å². The molecule has 21 heavy (non-hydrogen) atoms. The van der Waals surface area contributed by atoms with Gasteiger partial charge in [0.1, 0.15) is 5.69 Å². The van der Waals surface area contributed by atoms with Gasteiger partial charge in [0.15, 0.2) is 0 Å². The van der Waals surface area contributed by atoms with Gasteiger partial charge in [0, 0.05) is 30.6 Å². The summed E-state index contributed by atoms with van der Waals surface area (Å²) in [6.45, 7) is 5.98. The minimum absolute atomic E-state index is 0.122. The first kappa shape index (κ1) is 15.7. The molecule has 0 aliphatic heterocycles. The Morgan fingerprint density at radius 1 is 1.48 bits per heavy atom. The van der Waals surface area contributed by atoms with Gasteiger partial charge in [0.25, 0.3) is 5.91 Å². The molecule has 0 radical (unpaired) electrons. The van der Waals surface area contributed by atoms with E-state index in [-0.39, 0.29) is 5.91 Å². The van der Waals surface area contributed by atoms with Gasteiger partial charge < -0.3 is 11.1 Å². The van der Waals surface area contributed by atoms with Crippen LogP contribution in [0.4, 0.5) is 0 Å². The van der Waals surface area contributed by atoms with E-state index in [0.717, 1.165) is 35.8 Å². The molecule has 1 amide bonds. The fraction of sp³-hybridized carbons (Fsp3) is 0.500. The molecular weight excluding hydrogens is 286 g/mol. The van der Waals surface area contributed by atoms with Gasteiger partial charge in [-0.15, -0.1) is 11.3 Å². The first-order valence-corrected chi connectivity index (χ1v) is 7.92. The van der Waals surface area contributed by atoms with E-state index in [0.29, 0.717) is 18.8 Å². The predicted octanol–water partition coefficient (Wildman–Crippen LogP) is 1.28. The van der Waals surface area contributed by atoms with Gasteiger partial charge >= 0.3 is 0 Å². The summed E-state index contributed by atoms with van der Waals surface area (Å²) in [5, 5.41) is 9.96. The first-order valence-electron chi connectivity index (χ1n) is 7.04. The minimum atomic E-state index is -0.122. The van der Waals surface area contributed by atoms with Crippen molar-refractivity contribution in [3.8, 4) is 0 Å². The number of aryl methyl sites for hydroxylation is 3. The lowest BCUT2D eigenvalue weighted by Crippen LogP contribution is -2.25. The molecule has 0 unspecified atom stereocenters. The predicted molar refractivity (Wildman–Crippen MR) is 83.5 cm³/mol. The number of nitrogens with one attached hydrogen (secondary N) is 1. The monoisotopic (exact) mass is 307 g/mol. The third-order valence-electron chi connectivity index (χ3n) is 3.08. The highest BCUT2D eigenvalue weighted by atomic mass is 32.1. The van der Waals surface area contributed by atoms with Crippen LogP contribution < -0.4 is 11.1 Å². The van der Waals surface area contributed by atoms with Gasteiger partial charge in [-0.3, -0.25) is 9.48 Å². The van der Waals surface area contributed by atoms with E-state index in [9.17, 15) is 4.79 Å². The Bertz CT molecular complexity index is 604. The Kier molecular flexibility index (Phi) is 5.46. The Morgan fingerprint density at radius 2 is 2.29 bits per heavy atom. The van der Waals surface area contributed by atoms with Crippen molar-refractivity contribution in [3.63, 3.8) is 0 Å². The summed E-state index contributed by atoms with van der Waals surface area (Å²) in [5.41, 5.74) is 8.12. The molecule has 0 fully saturated rings. The van der Waals surface area contributed by atoms with Crippen LogP contribution in [0.5, 0.6) is 0 Å². The summed E-state index contributed by atoms with van der Waals surface area (Å²) in [6, 6.07) is 2.05. The second kappa shape index (κ2) is 7.33. The number of hydrogen-bond donors (Lipinski definition) is 2. The number of nitrogens with zero attached hydrogens (tertiary/aromatic N) is 3. The smallest absolute Gasteiger partial charge is 0.270 e. The molecule has 0 saturated carbocycles. The zero-order valence-electron chi connectivity index (χ0n) is 12.4. The maximum Gasteiger partial charge on any atom is 0.270 e. The van der Waals surface area contributed by atoms with Crippen molar-refractivity contribution in [1.82, 2.24) is 20.1 Å². The maximum absolute atomic E-state index is 11.9. The molecule has 0 aromatic carbocycles. The van der Waals surface area contributed by atoms with E-state index < -0.39 is 0 Å². The fourth-order valence-corrected chi connectivity index (χ4v) is 2.87. The van der Waals surface area contributed by atoms with Crippen LogP contribution in [0.2, 0.25) is 0 Å². The third-order valence-corrected chi connectivity index (χ3v) is 3.99. The van der Waals surface area contributed by atoms with Crippen LogP contribution >= 0.6 is 11.3 Å². The number of thiazole rings is 1. The highest BCUT2D eigenvalue weighted by Gasteiger charge is 2.09. The number of amides is 1. The second-order valence-corrected chi connectivity index (χ2v) is 5.87. The lowest BCUT2D eigenvalue weighted by Gasteiger charge is -2.05. The average Bonchev–Trinajstić information content (AvgIpc) is 3.02. The largest absolute Gasteiger partial charge is 0.351 e. The van der Waals surface area contributed by atoms with Crippen molar-refractivity contribution in [2.45, 2.75) is 33.2 Å². The quantitative estimate of drug-likeness (QED) is 0.755. The molecule has 0 bridgehead atoms. The van der Waals surface area contributed by atoms with E-state index in [4.69, 9.17) is 5.73 Å². The molecule has 3 N–H and O–H groups in total. The number of carbonyl (C=O) groups excluding carboxylic acids is 1. The summed E-state index contributed by atoms with van der Waals surface area (Å²) in [4.78, 5) is 16.2. The van der Waals surface area contributed by atoms with Crippen LogP contribution in [0.15, 0.2) is 11.4 Å². The highest BCUT2D eigenvalue weighted by Crippen LogP contribution is 2.09. The topological polar surface area (TPSA) is 85.8 Å². The molecule has 0 saturated heterocycles.